The second-order valence-electron chi connectivity index (χ2n) is 10.5. The van der Waals surface area contributed by atoms with Crippen LogP contribution in [0.1, 0.15) is 52.1 Å². The highest BCUT2D eigenvalue weighted by Gasteiger charge is 2.47. The Morgan fingerprint density at radius 2 is 1.26 bits per heavy atom. The maximum Gasteiger partial charge on any atom is 0.416 e. The van der Waals surface area contributed by atoms with Gasteiger partial charge in [-0.1, -0.05) is 60.7 Å². The van der Waals surface area contributed by atoms with Gasteiger partial charge in [-0.05, 0) is 73.0 Å². The average molecular weight is 646 g/mol. The van der Waals surface area contributed by atoms with E-state index in [9.17, 15) is 32.3 Å². The van der Waals surface area contributed by atoms with Gasteiger partial charge in [0.15, 0.2) is 5.41 Å². The van der Waals surface area contributed by atoms with Crippen LogP contribution in [0, 0.1) is 0 Å². The monoisotopic (exact) mass is 645 g/mol. The highest BCUT2D eigenvalue weighted by molar-refractivity contribution is 6.11. The number of likely N-dealkylation sites (N-methyl/N-ethyl adjacent to an activating group) is 2. The lowest BCUT2D eigenvalue weighted by Crippen LogP contribution is -2.55. The zero-order valence-electron chi connectivity index (χ0n) is 25.8. The summed E-state index contributed by atoms with van der Waals surface area (Å²) in [6.07, 6.45) is -4.58. The number of ether oxygens (including phenoxy) is 1. The second kappa shape index (κ2) is 15.2. The molecule has 3 amide bonds. The molecule has 0 aliphatic heterocycles. The van der Waals surface area contributed by atoms with Crippen LogP contribution >= 0.6 is 0 Å². The topological polar surface area (TPSA) is 114 Å². The number of halogens is 3. The van der Waals surface area contributed by atoms with Gasteiger partial charge >= 0.3 is 12.1 Å². The normalized spacial score (nSPS) is 11.3. The molecule has 0 spiro atoms. The summed E-state index contributed by atoms with van der Waals surface area (Å²) < 4.78 is 44.5. The van der Waals surface area contributed by atoms with Gasteiger partial charge in [0.2, 0.25) is 11.8 Å². The highest BCUT2D eigenvalue weighted by atomic mass is 19.4. The third-order valence-corrected chi connectivity index (χ3v) is 7.50. The van der Waals surface area contributed by atoms with Gasteiger partial charge in [-0.15, -0.1) is 0 Å². The summed E-state index contributed by atoms with van der Waals surface area (Å²) in [6, 6.07) is 25.6. The van der Waals surface area contributed by atoms with Crippen LogP contribution < -0.4 is 16.0 Å². The molecule has 0 aliphatic rings. The van der Waals surface area contributed by atoms with E-state index in [-0.39, 0.29) is 24.2 Å². The number of carbonyl (C=O) groups is 4. The molecule has 4 aromatic rings. The Morgan fingerprint density at radius 3 is 1.83 bits per heavy atom. The van der Waals surface area contributed by atoms with E-state index in [4.69, 9.17) is 4.74 Å². The van der Waals surface area contributed by atoms with Crippen molar-refractivity contribution < 1.29 is 37.1 Å². The van der Waals surface area contributed by atoms with Crippen molar-refractivity contribution in [1.82, 2.24) is 10.6 Å². The summed E-state index contributed by atoms with van der Waals surface area (Å²) in [5.74, 6) is -2.20. The minimum absolute atomic E-state index is 0.104. The van der Waals surface area contributed by atoms with Crippen molar-refractivity contribution in [3.05, 3.63) is 125 Å². The summed E-state index contributed by atoms with van der Waals surface area (Å²) in [7, 11) is 0. The van der Waals surface area contributed by atoms with E-state index < -0.39 is 40.8 Å². The van der Waals surface area contributed by atoms with Crippen LogP contribution in [0.3, 0.4) is 0 Å². The molecule has 8 nitrogen and oxygen atoms in total. The van der Waals surface area contributed by atoms with Gasteiger partial charge in [-0.2, -0.15) is 13.2 Å². The Bertz CT molecular complexity index is 1690. The quantitative estimate of drug-likeness (QED) is 0.122. The molecule has 0 unspecified atom stereocenters. The highest BCUT2D eigenvalue weighted by Crippen LogP contribution is 2.32. The molecule has 4 rings (SSSR count). The molecule has 47 heavy (non-hydrogen) atoms. The number of anilines is 1. The number of amides is 3. The first-order chi connectivity index (χ1) is 22.5. The fourth-order valence-corrected chi connectivity index (χ4v) is 5.12. The number of carbonyl (C=O) groups excluding carboxylic acids is 4. The summed E-state index contributed by atoms with van der Waals surface area (Å²) in [5, 5.41) is 8.20. The van der Waals surface area contributed by atoms with Crippen LogP contribution in [0.4, 0.5) is 18.9 Å². The van der Waals surface area contributed by atoms with Crippen molar-refractivity contribution in [2.24, 2.45) is 0 Å². The Hall–Kier alpha value is -5.45. The first-order valence-corrected chi connectivity index (χ1v) is 15.0. The van der Waals surface area contributed by atoms with E-state index in [1.165, 1.54) is 36.4 Å². The van der Waals surface area contributed by atoms with Crippen molar-refractivity contribution in [2.45, 2.75) is 31.9 Å². The largest absolute Gasteiger partial charge is 0.462 e. The molecular weight excluding hydrogens is 611 g/mol. The lowest BCUT2D eigenvalue weighted by atomic mass is 9.75. The molecule has 0 bridgehead atoms. The molecule has 0 radical (unpaired) electrons. The Kier molecular flexibility index (Phi) is 11.1. The molecule has 0 atom stereocenters. The molecule has 0 aromatic heterocycles. The van der Waals surface area contributed by atoms with Gasteiger partial charge in [0.05, 0.1) is 17.7 Å². The maximum atomic E-state index is 13.3. The average Bonchev–Trinajstić information content (AvgIpc) is 3.07. The number of benzene rings is 4. The maximum absolute atomic E-state index is 13.3. The van der Waals surface area contributed by atoms with Gasteiger partial charge in [0.1, 0.15) is 0 Å². The van der Waals surface area contributed by atoms with E-state index in [1.54, 1.807) is 68.4 Å². The zero-order valence-corrected chi connectivity index (χ0v) is 25.8. The molecule has 244 valence electrons. The minimum atomic E-state index is -4.48. The molecule has 4 aromatic carbocycles. The third-order valence-electron chi connectivity index (χ3n) is 7.50. The van der Waals surface area contributed by atoms with Crippen LogP contribution in [0.2, 0.25) is 0 Å². The van der Waals surface area contributed by atoms with Gasteiger partial charge in [-0.3, -0.25) is 14.4 Å². The molecule has 11 heteroatoms. The van der Waals surface area contributed by atoms with Gasteiger partial charge in [0, 0.05) is 30.8 Å². The van der Waals surface area contributed by atoms with E-state index in [2.05, 4.69) is 16.0 Å². The van der Waals surface area contributed by atoms with E-state index >= 15 is 0 Å². The first-order valence-electron chi connectivity index (χ1n) is 15.0. The third kappa shape index (κ3) is 8.04. The summed E-state index contributed by atoms with van der Waals surface area (Å²) in [4.78, 5) is 52.7. The SMILES string of the molecule is CCNC(=O)C(CCOC(=O)c1ccc(NC(=O)c2ccccc2-c2ccc(C(F)(F)F)cc2)cc1)(C(=O)NCC)c1ccccc1. The number of hydrogen-bond donors (Lipinski definition) is 3. The number of nitrogens with one attached hydrogen (secondary N) is 3. The molecule has 0 heterocycles. The molecule has 0 saturated carbocycles. The van der Waals surface area contributed by atoms with Gasteiger partial charge < -0.3 is 20.7 Å². The predicted octanol–water partition coefficient (Wildman–Crippen LogP) is 6.38. The Labute approximate surface area is 270 Å². The minimum Gasteiger partial charge on any atom is -0.462 e. The van der Waals surface area contributed by atoms with Gasteiger partial charge in [-0.25, -0.2) is 4.79 Å². The molecule has 3 N–H and O–H groups in total. The lowest BCUT2D eigenvalue weighted by molar-refractivity contribution is -0.139. The Balaban J connectivity index is 1.45. The zero-order chi connectivity index (χ0) is 34.0. The number of rotatable bonds is 12. The number of esters is 1. The summed E-state index contributed by atoms with van der Waals surface area (Å²) in [5.41, 5.74) is -0.272. The Morgan fingerprint density at radius 1 is 0.681 bits per heavy atom. The second-order valence-corrected chi connectivity index (χ2v) is 10.5. The number of alkyl halides is 3. The summed E-state index contributed by atoms with van der Waals surface area (Å²) in [6.45, 7) is 3.86. The van der Waals surface area contributed by atoms with Crippen LogP contribution in [-0.2, 0) is 25.9 Å². The van der Waals surface area contributed by atoms with Crippen molar-refractivity contribution >= 4 is 29.4 Å². The molecular formula is C36H34F3N3O5. The van der Waals surface area contributed by atoms with Crippen LogP contribution in [0.15, 0.2) is 103 Å². The van der Waals surface area contributed by atoms with Crippen LogP contribution in [0.5, 0.6) is 0 Å². The fourth-order valence-electron chi connectivity index (χ4n) is 5.12. The van der Waals surface area contributed by atoms with E-state index in [0.29, 0.717) is 35.5 Å². The molecule has 0 fully saturated rings. The number of hydrogen-bond acceptors (Lipinski definition) is 5. The van der Waals surface area contributed by atoms with Crippen LogP contribution in [0.25, 0.3) is 11.1 Å². The van der Waals surface area contributed by atoms with E-state index in [0.717, 1.165) is 12.1 Å². The van der Waals surface area contributed by atoms with Crippen molar-refractivity contribution in [2.75, 3.05) is 25.0 Å². The smallest absolute Gasteiger partial charge is 0.416 e. The van der Waals surface area contributed by atoms with Crippen LogP contribution in [-0.4, -0.2) is 43.4 Å². The van der Waals surface area contributed by atoms with Gasteiger partial charge in [0.25, 0.3) is 5.91 Å². The van der Waals surface area contributed by atoms with Crippen molar-refractivity contribution in [1.29, 1.82) is 0 Å². The lowest BCUT2D eigenvalue weighted by Gasteiger charge is -2.31. The van der Waals surface area contributed by atoms with E-state index in [1.807, 2.05) is 0 Å². The first kappa shape index (κ1) is 34.4. The predicted molar refractivity (Wildman–Crippen MR) is 172 cm³/mol. The fraction of sp³-hybridized carbons (Fsp3) is 0.222. The summed E-state index contributed by atoms with van der Waals surface area (Å²) >= 11 is 0. The van der Waals surface area contributed by atoms with Crippen molar-refractivity contribution in [3.8, 4) is 11.1 Å². The van der Waals surface area contributed by atoms with Crippen molar-refractivity contribution in [3.63, 3.8) is 0 Å². The molecule has 0 saturated heterocycles. The standard InChI is InChI=1S/C36H34F3N3O5/c1-3-40-33(45)35(34(46)41-4-2,26-10-6-5-7-11-26)22-23-47-32(44)25-16-20-28(21-17-25)42-31(43)30-13-9-8-12-29(30)24-14-18-27(19-15-24)36(37,38)39/h5-21H,3-4,22-23H2,1-2H3,(H,40,45)(H,41,46)(H,42,43). The molecule has 0 aliphatic carbocycles.